The smallest absolute Gasteiger partial charge is 0.0992 e. The van der Waals surface area contributed by atoms with Gasteiger partial charge in [-0.3, -0.25) is 0 Å². The first-order valence-corrected chi connectivity index (χ1v) is 11.2. The molecular formula is C20H42OS. The average molecular weight is 331 g/mol. The lowest BCUT2D eigenvalue weighted by Gasteiger charge is -2.10. The molecule has 0 aromatic carbocycles. The fraction of sp³-hybridized carbons (Fsp3) is 1.00. The molecule has 134 valence electrons. The molecule has 0 amide bonds. The standard InChI is InChI=1S/C20H42OS/c1-3-5-7-9-11-13-15-17-19-22-20(21)18-16-14-12-10-8-6-4-2/h20-21H,3-19H2,1-2H3. The van der Waals surface area contributed by atoms with Gasteiger partial charge in [-0.05, 0) is 18.6 Å². The fourth-order valence-electron chi connectivity index (χ4n) is 2.81. The second-order valence-corrected chi connectivity index (χ2v) is 8.00. The molecule has 2 heteroatoms. The highest BCUT2D eigenvalue weighted by molar-refractivity contribution is 7.99. The summed E-state index contributed by atoms with van der Waals surface area (Å²) in [6.07, 6.45) is 21.4. The molecule has 1 atom stereocenters. The van der Waals surface area contributed by atoms with Gasteiger partial charge in [0.15, 0.2) is 0 Å². The van der Waals surface area contributed by atoms with Crippen LogP contribution in [0.25, 0.3) is 0 Å². The Morgan fingerprint density at radius 1 is 0.591 bits per heavy atom. The number of aliphatic hydroxyl groups is 1. The zero-order chi connectivity index (χ0) is 16.3. The van der Waals surface area contributed by atoms with Crippen LogP contribution in [0.4, 0.5) is 0 Å². The lowest BCUT2D eigenvalue weighted by Crippen LogP contribution is -2.01. The van der Waals surface area contributed by atoms with E-state index < -0.39 is 0 Å². The van der Waals surface area contributed by atoms with Crippen LogP contribution < -0.4 is 0 Å². The largest absolute Gasteiger partial charge is 0.382 e. The van der Waals surface area contributed by atoms with Gasteiger partial charge in [0.25, 0.3) is 0 Å². The number of unbranched alkanes of at least 4 members (excludes halogenated alkanes) is 13. The Balaban J connectivity index is 3.11. The van der Waals surface area contributed by atoms with Crippen molar-refractivity contribution in [3.8, 4) is 0 Å². The van der Waals surface area contributed by atoms with Crippen molar-refractivity contribution in [3.05, 3.63) is 0 Å². The summed E-state index contributed by atoms with van der Waals surface area (Å²) in [6.45, 7) is 4.54. The van der Waals surface area contributed by atoms with Crippen LogP contribution in [0.3, 0.4) is 0 Å². The highest BCUT2D eigenvalue weighted by Gasteiger charge is 2.03. The van der Waals surface area contributed by atoms with Crippen molar-refractivity contribution in [2.24, 2.45) is 0 Å². The second-order valence-electron chi connectivity index (χ2n) is 6.71. The molecule has 1 N–H and O–H groups in total. The Morgan fingerprint density at radius 2 is 1.00 bits per heavy atom. The van der Waals surface area contributed by atoms with Crippen LogP contribution in [0.2, 0.25) is 0 Å². The Morgan fingerprint density at radius 3 is 1.50 bits per heavy atom. The number of hydrogen-bond acceptors (Lipinski definition) is 2. The molecule has 22 heavy (non-hydrogen) atoms. The van der Waals surface area contributed by atoms with E-state index in [9.17, 15) is 5.11 Å². The van der Waals surface area contributed by atoms with Crippen LogP contribution in [0, 0.1) is 0 Å². The number of aliphatic hydroxyl groups excluding tert-OH is 1. The predicted molar refractivity (Wildman–Crippen MR) is 104 cm³/mol. The molecule has 0 aromatic heterocycles. The molecule has 1 nitrogen and oxygen atoms in total. The lowest BCUT2D eigenvalue weighted by molar-refractivity contribution is 0.247. The van der Waals surface area contributed by atoms with E-state index >= 15 is 0 Å². The first kappa shape index (κ1) is 22.3. The normalized spacial score (nSPS) is 12.7. The Bertz CT molecular complexity index is 196. The third-order valence-electron chi connectivity index (χ3n) is 4.36. The van der Waals surface area contributed by atoms with Crippen molar-refractivity contribution in [1.29, 1.82) is 0 Å². The van der Waals surface area contributed by atoms with E-state index in [1.54, 1.807) is 11.8 Å². The fourth-order valence-corrected chi connectivity index (χ4v) is 3.79. The maximum absolute atomic E-state index is 9.95. The summed E-state index contributed by atoms with van der Waals surface area (Å²) in [5.41, 5.74) is -0.111. The first-order valence-electron chi connectivity index (χ1n) is 10.1. The van der Waals surface area contributed by atoms with Crippen LogP contribution in [0.1, 0.15) is 117 Å². The van der Waals surface area contributed by atoms with E-state index in [4.69, 9.17) is 0 Å². The summed E-state index contributed by atoms with van der Waals surface area (Å²) in [6, 6.07) is 0. The van der Waals surface area contributed by atoms with Crippen LogP contribution in [0.5, 0.6) is 0 Å². The first-order chi connectivity index (χ1) is 10.8. The highest BCUT2D eigenvalue weighted by atomic mass is 32.2. The highest BCUT2D eigenvalue weighted by Crippen LogP contribution is 2.19. The summed E-state index contributed by atoms with van der Waals surface area (Å²) in [7, 11) is 0. The van der Waals surface area contributed by atoms with E-state index in [0.717, 1.165) is 12.2 Å². The Labute approximate surface area is 145 Å². The molecule has 0 heterocycles. The van der Waals surface area contributed by atoms with Crippen LogP contribution in [-0.4, -0.2) is 16.3 Å². The molecule has 0 bridgehead atoms. The van der Waals surface area contributed by atoms with E-state index in [0.29, 0.717) is 0 Å². The Kier molecular flexibility index (Phi) is 19.6. The van der Waals surface area contributed by atoms with Gasteiger partial charge in [-0.2, -0.15) is 0 Å². The molecular weight excluding hydrogens is 288 g/mol. The third kappa shape index (κ3) is 18.4. The zero-order valence-electron chi connectivity index (χ0n) is 15.5. The third-order valence-corrected chi connectivity index (χ3v) is 5.51. The summed E-state index contributed by atoms with van der Waals surface area (Å²) in [5.74, 6) is 1.15. The van der Waals surface area contributed by atoms with Gasteiger partial charge >= 0.3 is 0 Å². The molecule has 1 unspecified atom stereocenters. The van der Waals surface area contributed by atoms with Crippen molar-refractivity contribution in [1.82, 2.24) is 0 Å². The van der Waals surface area contributed by atoms with Gasteiger partial charge in [-0.25, -0.2) is 0 Å². The average Bonchev–Trinajstić information content (AvgIpc) is 2.52. The molecule has 0 aliphatic heterocycles. The molecule has 0 aliphatic carbocycles. The topological polar surface area (TPSA) is 20.2 Å². The predicted octanol–water partition coefficient (Wildman–Crippen LogP) is 7.32. The molecule has 0 fully saturated rings. The van der Waals surface area contributed by atoms with Crippen LogP contribution in [0.15, 0.2) is 0 Å². The van der Waals surface area contributed by atoms with Gasteiger partial charge < -0.3 is 5.11 Å². The minimum atomic E-state index is -0.111. The number of rotatable bonds is 18. The molecule has 0 aliphatic rings. The van der Waals surface area contributed by atoms with Gasteiger partial charge in [0.05, 0.1) is 5.44 Å². The molecule has 0 saturated heterocycles. The second kappa shape index (κ2) is 19.4. The van der Waals surface area contributed by atoms with Gasteiger partial charge in [0, 0.05) is 0 Å². The van der Waals surface area contributed by atoms with Gasteiger partial charge in [-0.15, -0.1) is 11.8 Å². The Hall–Kier alpha value is 0.310. The van der Waals surface area contributed by atoms with Crippen molar-refractivity contribution >= 4 is 11.8 Å². The maximum Gasteiger partial charge on any atom is 0.0992 e. The van der Waals surface area contributed by atoms with Crippen molar-refractivity contribution in [2.75, 3.05) is 5.75 Å². The van der Waals surface area contributed by atoms with E-state index in [-0.39, 0.29) is 5.44 Å². The van der Waals surface area contributed by atoms with Gasteiger partial charge in [0.1, 0.15) is 0 Å². The summed E-state index contributed by atoms with van der Waals surface area (Å²) in [5, 5.41) is 9.95. The summed E-state index contributed by atoms with van der Waals surface area (Å²) < 4.78 is 0. The number of thioether (sulfide) groups is 1. The minimum absolute atomic E-state index is 0.111. The SMILES string of the molecule is CCCCCCCCCCSC(O)CCCCCCCCC. The molecule has 0 saturated carbocycles. The van der Waals surface area contributed by atoms with Crippen molar-refractivity contribution in [3.63, 3.8) is 0 Å². The van der Waals surface area contributed by atoms with Crippen LogP contribution >= 0.6 is 11.8 Å². The molecule has 0 aromatic rings. The molecule has 0 spiro atoms. The van der Waals surface area contributed by atoms with E-state index in [2.05, 4.69) is 13.8 Å². The monoisotopic (exact) mass is 330 g/mol. The zero-order valence-corrected chi connectivity index (χ0v) is 16.3. The summed E-state index contributed by atoms with van der Waals surface area (Å²) in [4.78, 5) is 0. The number of hydrogen-bond donors (Lipinski definition) is 1. The maximum atomic E-state index is 9.95. The van der Waals surface area contributed by atoms with Gasteiger partial charge in [-0.1, -0.05) is 104 Å². The quantitative estimate of drug-likeness (QED) is 0.210. The van der Waals surface area contributed by atoms with Gasteiger partial charge in [0.2, 0.25) is 0 Å². The minimum Gasteiger partial charge on any atom is -0.382 e. The lowest BCUT2D eigenvalue weighted by atomic mass is 10.1. The van der Waals surface area contributed by atoms with E-state index in [1.165, 1.54) is 96.3 Å². The van der Waals surface area contributed by atoms with Crippen molar-refractivity contribution in [2.45, 2.75) is 122 Å². The van der Waals surface area contributed by atoms with Crippen molar-refractivity contribution < 1.29 is 5.11 Å². The molecule has 0 radical (unpaired) electrons. The summed E-state index contributed by atoms with van der Waals surface area (Å²) >= 11 is 1.78. The van der Waals surface area contributed by atoms with Crippen LogP contribution in [-0.2, 0) is 0 Å². The molecule has 0 rings (SSSR count). The van der Waals surface area contributed by atoms with E-state index in [1.807, 2.05) is 0 Å².